The molecule has 0 unspecified atom stereocenters. The molecule has 1 fully saturated rings. The van der Waals surface area contributed by atoms with Crippen LogP contribution in [0, 0.1) is 11.6 Å². The van der Waals surface area contributed by atoms with E-state index in [1.54, 1.807) is 0 Å². The average molecular weight is 355 g/mol. The molecule has 0 atom stereocenters. The van der Waals surface area contributed by atoms with Crippen LogP contribution in [0.5, 0.6) is 0 Å². The molecular weight excluding hydrogens is 342 g/mol. The lowest BCUT2D eigenvalue weighted by Gasteiger charge is -2.29. The van der Waals surface area contributed by atoms with Crippen LogP contribution in [-0.4, -0.2) is 31.9 Å². The largest absolute Gasteiger partial charge is 0.328 e. The van der Waals surface area contributed by atoms with Gasteiger partial charge in [0.05, 0.1) is 4.47 Å². The number of hydrogen-bond acceptors (Lipinski definition) is 3. The quantitative estimate of drug-likeness (QED) is 0.824. The van der Waals surface area contributed by atoms with Crippen LogP contribution >= 0.6 is 15.9 Å². The molecule has 8 heteroatoms. The fourth-order valence-corrected chi connectivity index (χ4v) is 3.80. The maximum atomic E-state index is 13.7. The number of benzene rings is 1. The molecule has 1 aliphatic heterocycles. The molecule has 0 spiro atoms. The summed E-state index contributed by atoms with van der Waals surface area (Å²) in [7, 11) is -4.01. The van der Waals surface area contributed by atoms with Crippen molar-refractivity contribution in [2.45, 2.75) is 23.8 Å². The van der Waals surface area contributed by atoms with Crippen molar-refractivity contribution < 1.29 is 17.2 Å². The van der Waals surface area contributed by atoms with Gasteiger partial charge in [-0.05, 0) is 40.9 Å². The third-order valence-corrected chi connectivity index (χ3v) is 5.61. The van der Waals surface area contributed by atoms with Gasteiger partial charge in [0.15, 0.2) is 0 Å². The Morgan fingerprint density at radius 3 is 2.37 bits per heavy atom. The van der Waals surface area contributed by atoms with Crippen LogP contribution in [0.1, 0.15) is 12.8 Å². The van der Waals surface area contributed by atoms with Crippen LogP contribution in [0.15, 0.2) is 21.5 Å². The molecule has 0 bridgehead atoms. The van der Waals surface area contributed by atoms with E-state index in [1.165, 1.54) is 0 Å². The van der Waals surface area contributed by atoms with Crippen LogP contribution in [0.4, 0.5) is 8.78 Å². The third kappa shape index (κ3) is 2.96. The average Bonchev–Trinajstić information content (AvgIpc) is 2.34. The Kier molecular flexibility index (Phi) is 4.24. The van der Waals surface area contributed by atoms with Gasteiger partial charge < -0.3 is 5.73 Å². The molecule has 0 radical (unpaired) electrons. The summed E-state index contributed by atoms with van der Waals surface area (Å²) in [4.78, 5) is -0.635. The molecule has 2 rings (SSSR count). The minimum absolute atomic E-state index is 0.0436. The van der Waals surface area contributed by atoms with Crippen molar-refractivity contribution in [3.8, 4) is 0 Å². The van der Waals surface area contributed by atoms with Crippen LogP contribution in [0.3, 0.4) is 0 Å². The Morgan fingerprint density at radius 2 is 1.79 bits per heavy atom. The maximum Gasteiger partial charge on any atom is 0.246 e. The lowest BCUT2D eigenvalue weighted by Crippen LogP contribution is -2.43. The molecule has 0 aliphatic carbocycles. The first kappa shape index (κ1) is 14.8. The van der Waals surface area contributed by atoms with Gasteiger partial charge in [0.1, 0.15) is 16.5 Å². The van der Waals surface area contributed by atoms with Crippen molar-refractivity contribution in [3.05, 3.63) is 28.2 Å². The molecule has 0 saturated carbocycles. The van der Waals surface area contributed by atoms with Gasteiger partial charge >= 0.3 is 0 Å². The Balaban J connectivity index is 2.37. The fraction of sp³-hybridized carbons (Fsp3) is 0.455. The Hall–Kier alpha value is -0.570. The van der Waals surface area contributed by atoms with Crippen molar-refractivity contribution in [2.24, 2.45) is 5.73 Å². The third-order valence-electron chi connectivity index (χ3n) is 3.09. The van der Waals surface area contributed by atoms with Gasteiger partial charge in [-0.2, -0.15) is 4.31 Å². The predicted molar refractivity (Wildman–Crippen MR) is 70.0 cm³/mol. The predicted octanol–water partition coefficient (Wildman–Crippen LogP) is 1.84. The zero-order chi connectivity index (χ0) is 14.2. The number of nitrogens with zero attached hydrogens (tertiary/aromatic N) is 1. The standard InChI is InChI=1S/C11H13BrF2N2O2S/c12-8-5-10(14)11(6-9(8)13)19(17,18)16-3-1-7(15)2-4-16/h5-7H,1-4,15H2. The highest BCUT2D eigenvalue weighted by atomic mass is 79.9. The number of halogens is 3. The topological polar surface area (TPSA) is 63.4 Å². The zero-order valence-corrected chi connectivity index (χ0v) is 12.3. The number of hydrogen-bond donors (Lipinski definition) is 1. The summed E-state index contributed by atoms with van der Waals surface area (Å²) in [5, 5.41) is 0. The van der Waals surface area contributed by atoms with Crippen molar-refractivity contribution in [2.75, 3.05) is 13.1 Å². The van der Waals surface area contributed by atoms with E-state index in [0.29, 0.717) is 18.9 Å². The Morgan fingerprint density at radius 1 is 1.21 bits per heavy atom. The number of sulfonamides is 1. The summed E-state index contributed by atoms with van der Waals surface area (Å²) in [5.74, 6) is -1.78. The van der Waals surface area contributed by atoms with Gasteiger partial charge in [0.25, 0.3) is 0 Å². The summed E-state index contributed by atoms with van der Waals surface area (Å²) >= 11 is 2.81. The number of rotatable bonds is 2. The zero-order valence-electron chi connectivity index (χ0n) is 9.94. The van der Waals surface area contributed by atoms with Gasteiger partial charge in [-0.15, -0.1) is 0 Å². The molecule has 0 amide bonds. The molecule has 1 saturated heterocycles. The molecule has 0 aromatic heterocycles. The van der Waals surface area contributed by atoms with Crippen molar-refractivity contribution >= 4 is 26.0 Å². The second kappa shape index (κ2) is 5.43. The molecule has 2 N–H and O–H groups in total. The second-order valence-corrected chi connectivity index (χ2v) is 7.20. The second-order valence-electron chi connectivity index (χ2n) is 4.44. The lowest BCUT2D eigenvalue weighted by molar-refractivity contribution is 0.318. The van der Waals surface area contributed by atoms with Crippen LogP contribution in [-0.2, 0) is 10.0 Å². The first-order valence-electron chi connectivity index (χ1n) is 5.72. The molecule has 19 heavy (non-hydrogen) atoms. The minimum Gasteiger partial charge on any atom is -0.328 e. The fourth-order valence-electron chi connectivity index (χ4n) is 1.96. The van der Waals surface area contributed by atoms with Gasteiger partial charge in [-0.25, -0.2) is 17.2 Å². The molecule has 4 nitrogen and oxygen atoms in total. The van der Waals surface area contributed by atoms with E-state index < -0.39 is 26.6 Å². The monoisotopic (exact) mass is 354 g/mol. The Bertz CT molecular complexity index is 587. The lowest BCUT2D eigenvalue weighted by atomic mass is 10.1. The summed E-state index contributed by atoms with van der Waals surface area (Å²) in [6.07, 6.45) is 1.03. The van der Waals surface area contributed by atoms with Crippen molar-refractivity contribution in [1.29, 1.82) is 0 Å². The number of nitrogens with two attached hydrogens (primary N) is 1. The van der Waals surface area contributed by atoms with E-state index >= 15 is 0 Å². The van der Waals surface area contributed by atoms with E-state index in [4.69, 9.17) is 5.73 Å². The highest BCUT2D eigenvalue weighted by molar-refractivity contribution is 9.10. The Labute approximate surface area is 118 Å². The highest BCUT2D eigenvalue weighted by Crippen LogP contribution is 2.27. The molecule has 1 heterocycles. The van der Waals surface area contributed by atoms with E-state index in [0.717, 1.165) is 10.4 Å². The van der Waals surface area contributed by atoms with Crippen LogP contribution < -0.4 is 5.73 Å². The number of piperidine rings is 1. The minimum atomic E-state index is -4.01. The van der Waals surface area contributed by atoms with Gasteiger partial charge in [-0.1, -0.05) is 0 Å². The smallest absolute Gasteiger partial charge is 0.246 e. The van der Waals surface area contributed by atoms with Gasteiger partial charge in [0, 0.05) is 19.1 Å². The summed E-state index contributed by atoms with van der Waals surface area (Å²) in [6.45, 7) is 0.446. The summed E-state index contributed by atoms with van der Waals surface area (Å²) in [5.41, 5.74) is 5.69. The molecular formula is C11H13BrF2N2O2S. The van der Waals surface area contributed by atoms with Crippen LogP contribution in [0.25, 0.3) is 0 Å². The molecule has 1 aliphatic rings. The molecule has 1 aromatic carbocycles. The summed E-state index contributed by atoms with van der Waals surface area (Å²) < 4.78 is 52.6. The molecule has 1 aromatic rings. The van der Waals surface area contributed by atoms with Crippen LogP contribution in [0.2, 0.25) is 0 Å². The normalized spacial score (nSPS) is 18.7. The van der Waals surface area contributed by atoms with E-state index in [9.17, 15) is 17.2 Å². The van der Waals surface area contributed by atoms with Gasteiger partial charge in [0.2, 0.25) is 10.0 Å². The van der Waals surface area contributed by atoms with Crippen molar-refractivity contribution in [1.82, 2.24) is 4.31 Å². The SMILES string of the molecule is NC1CCN(S(=O)(=O)c2cc(F)c(Br)cc2F)CC1. The van der Waals surface area contributed by atoms with E-state index in [1.807, 2.05) is 0 Å². The maximum absolute atomic E-state index is 13.7. The van der Waals surface area contributed by atoms with E-state index in [2.05, 4.69) is 15.9 Å². The van der Waals surface area contributed by atoms with E-state index in [-0.39, 0.29) is 23.6 Å². The molecule has 106 valence electrons. The van der Waals surface area contributed by atoms with Gasteiger partial charge in [-0.3, -0.25) is 0 Å². The first-order chi connectivity index (χ1) is 8.82. The van der Waals surface area contributed by atoms with Crippen molar-refractivity contribution in [3.63, 3.8) is 0 Å². The summed E-state index contributed by atoms with van der Waals surface area (Å²) in [6, 6.07) is 1.47. The highest BCUT2D eigenvalue weighted by Gasteiger charge is 2.31. The first-order valence-corrected chi connectivity index (χ1v) is 7.96.